The molecule has 0 aromatic heterocycles. The summed E-state index contributed by atoms with van der Waals surface area (Å²) >= 11 is 3.76. The lowest BCUT2D eigenvalue weighted by Crippen LogP contribution is -2.11. The average molecular weight is 442 g/mol. The normalized spacial score (nSPS) is 10.3. The minimum Gasteiger partial charge on any atom is -0.481 e. The maximum Gasteiger partial charge on any atom is 0.338 e. The number of carbonyl (C=O) groups excluding carboxylic acids is 1. The number of ether oxygens (including phenoxy) is 1. The smallest absolute Gasteiger partial charge is 0.338 e. The maximum atomic E-state index is 11.9. The minimum absolute atomic E-state index is 0.213. The quantitative estimate of drug-likeness (QED) is 0.536. The second-order valence-corrected chi connectivity index (χ2v) is 7.06. The summed E-state index contributed by atoms with van der Waals surface area (Å²) in [6, 6.07) is 13.2. The number of halogens is 1. The van der Waals surface area contributed by atoms with Crippen LogP contribution in [0.15, 0.2) is 52.3 Å². The van der Waals surface area contributed by atoms with Gasteiger partial charge in [0, 0.05) is 13.4 Å². The Kier molecular flexibility index (Phi) is 6.47. The zero-order valence-electron chi connectivity index (χ0n) is 12.4. The van der Waals surface area contributed by atoms with Gasteiger partial charge in [-0.15, -0.1) is 0 Å². The van der Waals surface area contributed by atoms with E-state index in [1.165, 1.54) is 11.8 Å². The summed E-state index contributed by atoms with van der Waals surface area (Å²) in [4.78, 5) is 24.9. The van der Waals surface area contributed by atoms with Crippen molar-refractivity contribution < 1.29 is 19.4 Å². The van der Waals surface area contributed by atoms with Crippen LogP contribution in [-0.4, -0.2) is 23.7 Å². The highest BCUT2D eigenvalue weighted by molar-refractivity contribution is 14.1. The van der Waals surface area contributed by atoms with Crippen LogP contribution in [0.1, 0.15) is 22.8 Å². The van der Waals surface area contributed by atoms with Crippen molar-refractivity contribution >= 4 is 46.3 Å². The lowest BCUT2D eigenvalue weighted by Gasteiger charge is -2.10. The van der Waals surface area contributed by atoms with Gasteiger partial charge in [0.25, 0.3) is 0 Å². The molecule has 0 saturated heterocycles. The van der Waals surface area contributed by atoms with Gasteiger partial charge in [-0.25, -0.2) is 4.79 Å². The van der Waals surface area contributed by atoms with E-state index in [4.69, 9.17) is 9.84 Å². The van der Waals surface area contributed by atoms with Gasteiger partial charge in [-0.3, -0.25) is 4.79 Å². The summed E-state index contributed by atoms with van der Waals surface area (Å²) in [7, 11) is 0. The first kappa shape index (κ1) is 17.8. The van der Waals surface area contributed by atoms with Crippen molar-refractivity contribution in [2.24, 2.45) is 0 Å². The molecule has 0 amide bonds. The summed E-state index contributed by atoms with van der Waals surface area (Å²) in [5, 5.41) is 9.05. The molecule has 1 N–H and O–H groups in total. The SMILES string of the molecule is CCOC(=O)c1ccc(Sc2ccc(I)cc2)cc1CC(=O)O. The van der Waals surface area contributed by atoms with E-state index in [0.29, 0.717) is 11.1 Å². The fraction of sp³-hybridized carbons (Fsp3) is 0.176. The van der Waals surface area contributed by atoms with Crippen molar-refractivity contribution in [2.75, 3.05) is 6.61 Å². The zero-order chi connectivity index (χ0) is 16.8. The molecule has 2 aromatic rings. The fourth-order valence-electron chi connectivity index (χ4n) is 1.99. The summed E-state index contributed by atoms with van der Waals surface area (Å²) in [6.07, 6.45) is -0.213. The third-order valence-corrected chi connectivity index (χ3v) is 4.68. The molecule has 4 nitrogen and oxygen atoms in total. The Labute approximate surface area is 152 Å². The average Bonchev–Trinajstić information content (AvgIpc) is 2.49. The van der Waals surface area contributed by atoms with E-state index in [9.17, 15) is 9.59 Å². The number of aliphatic carboxylic acids is 1. The summed E-state index contributed by atoms with van der Waals surface area (Å²) in [5.74, 6) is -1.47. The van der Waals surface area contributed by atoms with E-state index < -0.39 is 11.9 Å². The fourth-order valence-corrected chi connectivity index (χ4v) is 3.23. The van der Waals surface area contributed by atoms with Crippen molar-refractivity contribution in [2.45, 2.75) is 23.1 Å². The molecule has 2 rings (SSSR count). The summed E-state index contributed by atoms with van der Waals surface area (Å²) in [5.41, 5.74) is 0.771. The molecule has 23 heavy (non-hydrogen) atoms. The van der Waals surface area contributed by atoms with Crippen LogP contribution in [0.5, 0.6) is 0 Å². The van der Waals surface area contributed by atoms with Crippen LogP contribution < -0.4 is 0 Å². The number of carbonyl (C=O) groups is 2. The van der Waals surface area contributed by atoms with Crippen LogP contribution in [0.25, 0.3) is 0 Å². The molecule has 0 unspecified atom stereocenters. The standard InChI is InChI=1S/C17H15IO4S/c1-2-22-17(21)15-8-7-14(9-11(15)10-16(19)20)23-13-5-3-12(18)4-6-13/h3-9H,2,10H2,1H3,(H,19,20). The molecular weight excluding hydrogens is 427 g/mol. The summed E-state index contributed by atoms with van der Waals surface area (Å²) < 4.78 is 6.13. The first-order valence-corrected chi connectivity index (χ1v) is 8.84. The monoisotopic (exact) mass is 442 g/mol. The van der Waals surface area contributed by atoms with Crippen LogP contribution in [-0.2, 0) is 16.0 Å². The predicted molar refractivity (Wildman–Crippen MR) is 97.0 cm³/mol. The Morgan fingerprint density at radius 2 is 1.78 bits per heavy atom. The molecule has 0 bridgehead atoms. The number of esters is 1. The van der Waals surface area contributed by atoms with Crippen molar-refractivity contribution in [3.63, 3.8) is 0 Å². The molecule has 6 heteroatoms. The number of hydrogen-bond acceptors (Lipinski definition) is 4. The van der Waals surface area contributed by atoms with Gasteiger partial charge in [-0.05, 0) is 77.5 Å². The van der Waals surface area contributed by atoms with Crippen molar-refractivity contribution in [3.8, 4) is 0 Å². The van der Waals surface area contributed by atoms with E-state index in [1.54, 1.807) is 25.1 Å². The molecule has 0 atom stereocenters. The van der Waals surface area contributed by atoms with Crippen molar-refractivity contribution in [3.05, 3.63) is 57.2 Å². The topological polar surface area (TPSA) is 63.6 Å². The van der Waals surface area contributed by atoms with Gasteiger partial charge in [0.2, 0.25) is 0 Å². The predicted octanol–water partition coefficient (Wildman–Crippen LogP) is 4.25. The lowest BCUT2D eigenvalue weighted by molar-refractivity contribution is -0.136. The lowest BCUT2D eigenvalue weighted by atomic mass is 10.0. The highest BCUT2D eigenvalue weighted by Gasteiger charge is 2.15. The number of rotatable bonds is 6. The molecule has 0 aliphatic carbocycles. The molecule has 0 radical (unpaired) electrons. The van der Waals surface area contributed by atoms with Crippen LogP contribution in [0.3, 0.4) is 0 Å². The van der Waals surface area contributed by atoms with Crippen LogP contribution in [0, 0.1) is 3.57 Å². The van der Waals surface area contributed by atoms with Crippen molar-refractivity contribution in [1.29, 1.82) is 0 Å². The van der Waals surface area contributed by atoms with E-state index in [2.05, 4.69) is 22.6 Å². The van der Waals surface area contributed by atoms with Crippen molar-refractivity contribution in [1.82, 2.24) is 0 Å². The minimum atomic E-state index is -0.980. The highest BCUT2D eigenvalue weighted by atomic mass is 127. The molecule has 2 aromatic carbocycles. The number of carboxylic acids is 1. The Balaban J connectivity index is 2.29. The maximum absolute atomic E-state index is 11.9. The molecule has 0 saturated carbocycles. The van der Waals surface area contributed by atoms with E-state index in [-0.39, 0.29) is 13.0 Å². The summed E-state index contributed by atoms with van der Waals surface area (Å²) in [6.45, 7) is 1.97. The molecule has 120 valence electrons. The van der Waals surface area contributed by atoms with Gasteiger partial charge in [0.1, 0.15) is 0 Å². The molecule has 0 aliphatic heterocycles. The third-order valence-electron chi connectivity index (χ3n) is 2.96. The van der Waals surface area contributed by atoms with E-state index >= 15 is 0 Å². The number of benzene rings is 2. The number of carboxylic acid groups (broad SMARTS) is 1. The van der Waals surface area contributed by atoms with Crippen LogP contribution >= 0.6 is 34.4 Å². The largest absolute Gasteiger partial charge is 0.481 e. The van der Waals surface area contributed by atoms with Crippen LogP contribution in [0.2, 0.25) is 0 Å². The zero-order valence-corrected chi connectivity index (χ0v) is 15.4. The van der Waals surface area contributed by atoms with E-state index in [1.807, 2.05) is 24.3 Å². The molecule has 0 fully saturated rings. The van der Waals surface area contributed by atoms with Crippen LogP contribution in [0.4, 0.5) is 0 Å². The van der Waals surface area contributed by atoms with Gasteiger partial charge in [0.05, 0.1) is 18.6 Å². The first-order chi connectivity index (χ1) is 11.0. The molecule has 0 spiro atoms. The molecule has 0 aliphatic rings. The second-order valence-electron chi connectivity index (χ2n) is 4.67. The Hall–Kier alpha value is -1.54. The Morgan fingerprint density at radius 1 is 1.13 bits per heavy atom. The molecule has 0 heterocycles. The molecular formula is C17H15IO4S. The van der Waals surface area contributed by atoms with Gasteiger partial charge in [-0.2, -0.15) is 0 Å². The first-order valence-electron chi connectivity index (χ1n) is 6.95. The Morgan fingerprint density at radius 3 is 2.39 bits per heavy atom. The van der Waals surface area contributed by atoms with Gasteiger partial charge >= 0.3 is 11.9 Å². The second kappa shape index (κ2) is 8.35. The number of hydrogen-bond donors (Lipinski definition) is 1. The third kappa shape index (κ3) is 5.24. The van der Waals surface area contributed by atoms with E-state index in [0.717, 1.165) is 13.4 Å². The Bertz CT molecular complexity index is 713. The van der Waals surface area contributed by atoms with Gasteiger partial charge < -0.3 is 9.84 Å². The highest BCUT2D eigenvalue weighted by Crippen LogP contribution is 2.30. The van der Waals surface area contributed by atoms with Gasteiger partial charge in [-0.1, -0.05) is 11.8 Å². The van der Waals surface area contributed by atoms with Gasteiger partial charge in [0.15, 0.2) is 0 Å².